The van der Waals surface area contributed by atoms with E-state index in [2.05, 4.69) is 12.2 Å². The molecule has 0 aromatic heterocycles. The molecule has 1 aromatic rings. The summed E-state index contributed by atoms with van der Waals surface area (Å²) in [6.45, 7) is 3.91. The molecule has 1 aromatic carbocycles. The van der Waals surface area contributed by atoms with Gasteiger partial charge in [-0.25, -0.2) is 0 Å². The molecule has 1 aliphatic rings. The Morgan fingerprint density at radius 2 is 2.16 bits per heavy atom. The molecular formula is C14H19Cl2NO2. The lowest BCUT2D eigenvalue weighted by Gasteiger charge is -2.16. The van der Waals surface area contributed by atoms with Crippen molar-refractivity contribution in [2.75, 3.05) is 19.7 Å². The highest BCUT2D eigenvalue weighted by atomic mass is 35.5. The molecule has 1 fully saturated rings. The van der Waals surface area contributed by atoms with Gasteiger partial charge in [0.1, 0.15) is 18.5 Å². The first-order valence-corrected chi connectivity index (χ1v) is 7.21. The van der Waals surface area contributed by atoms with Gasteiger partial charge in [0.15, 0.2) is 0 Å². The van der Waals surface area contributed by atoms with E-state index >= 15 is 0 Å². The minimum absolute atomic E-state index is 0.198. The quantitative estimate of drug-likeness (QED) is 0.813. The molecule has 0 aliphatic heterocycles. The zero-order valence-corrected chi connectivity index (χ0v) is 12.5. The molecule has 2 rings (SSSR count). The lowest BCUT2D eigenvalue weighted by molar-refractivity contribution is 0.105. The summed E-state index contributed by atoms with van der Waals surface area (Å²) >= 11 is 11.8. The fourth-order valence-electron chi connectivity index (χ4n) is 1.76. The summed E-state index contributed by atoms with van der Waals surface area (Å²) in [5, 5.41) is 14.1. The van der Waals surface area contributed by atoms with Gasteiger partial charge in [-0.2, -0.15) is 0 Å². The van der Waals surface area contributed by atoms with Crippen molar-refractivity contribution < 1.29 is 9.84 Å². The van der Waals surface area contributed by atoms with Gasteiger partial charge in [-0.15, -0.1) is 0 Å². The van der Waals surface area contributed by atoms with Crippen LogP contribution in [-0.4, -0.2) is 30.9 Å². The number of rotatable bonds is 7. The van der Waals surface area contributed by atoms with Crippen LogP contribution in [0.4, 0.5) is 0 Å². The third kappa shape index (κ3) is 4.84. The summed E-state index contributed by atoms with van der Waals surface area (Å²) in [6, 6.07) is 5.03. The molecule has 1 unspecified atom stereocenters. The van der Waals surface area contributed by atoms with Crippen LogP contribution < -0.4 is 10.1 Å². The first-order valence-electron chi connectivity index (χ1n) is 6.45. The van der Waals surface area contributed by atoms with E-state index in [4.69, 9.17) is 27.9 Å². The molecule has 0 bridgehead atoms. The van der Waals surface area contributed by atoms with E-state index in [0.717, 1.165) is 6.54 Å². The van der Waals surface area contributed by atoms with Crippen molar-refractivity contribution in [1.82, 2.24) is 5.32 Å². The monoisotopic (exact) mass is 303 g/mol. The van der Waals surface area contributed by atoms with E-state index in [1.807, 2.05) is 0 Å². The van der Waals surface area contributed by atoms with Crippen molar-refractivity contribution in [3.05, 3.63) is 28.2 Å². The smallest absolute Gasteiger partial charge is 0.139 e. The fourth-order valence-corrected chi connectivity index (χ4v) is 2.10. The van der Waals surface area contributed by atoms with E-state index in [-0.39, 0.29) is 6.61 Å². The van der Waals surface area contributed by atoms with Crippen molar-refractivity contribution >= 4 is 23.2 Å². The Morgan fingerprint density at radius 3 is 2.84 bits per heavy atom. The van der Waals surface area contributed by atoms with Gasteiger partial charge in [0.2, 0.25) is 0 Å². The molecule has 5 heteroatoms. The summed E-state index contributed by atoms with van der Waals surface area (Å²) in [5.74, 6) is 0.502. The van der Waals surface area contributed by atoms with Crippen molar-refractivity contribution in [2.45, 2.75) is 25.9 Å². The molecule has 1 aliphatic carbocycles. The number of halogens is 2. The van der Waals surface area contributed by atoms with Crippen LogP contribution in [0.25, 0.3) is 0 Å². The number of hydrogen-bond acceptors (Lipinski definition) is 3. The molecule has 0 amide bonds. The van der Waals surface area contributed by atoms with E-state index in [1.54, 1.807) is 18.2 Å². The highest BCUT2D eigenvalue weighted by Gasteiger charge is 2.36. The molecular weight excluding hydrogens is 285 g/mol. The maximum atomic E-state index is 9.82. The molecule has 0 heterocycles. The van der Waals surface area contributed by atoms with Gasteiger partial charge in [-0.05, 0) is 30.4 Å². The SMILES string of the molecule is CC1(CNCC(O)COc2cc(Cl)ccc2Cl)CC1. The van der Waals surface area contributed by atoms with Gasteiger partial charge >= 0.3 is 0 Å². The molecule has 19 heavy (non-hydrogen) atoms. The van der Waals surface area contributed by atoms with Gasteiger partial charge in [-0.3, -0.25) is 0 Å². The second-order valence-electron chi connectivity index (χ2n) is 5.48. The van der Waals surface area contributed by atoms with Crippen LogP contribution in [-0.2, 0) is 0 Å². The van der Waals surface area contributed by atoms with E-state index in [9.17, 15) is 5.11 Å². The average Bonchev–Trinajstić information content (AvgIpc) is 3.08. The number of hydrogen-bond donors (Lipinski definition) is 2. The Hall–Kier alpha value is -0.480. The van der Waals surface area contributed by atoms with Crippen LogP contribution in [0.3, 0.4) is 0 Å². The molecule has 0 saturated heterocycles. The Kier molecular flexibility index (Phi) is 4.96. The highest BCUT2D eigenvalue weighted by molar-refractivity contribution is 6.34. The maximum absolute atomic E-state index is 9.82. The van der Waals surface area contributed by atoms with E-state index < -0.39 is 6.10 Å². The van der Waals surface area contributed by atoms with Gasteiger partial charge in [0, 0.05) is 24.2 Å². The third-order valence-electron chi connectivity index (χ3n) is 3.36. The fraction of sp³-hybridized carbons (Fsp3) is 0.571. The minimum atomic E-state index is -0.558. The number of aliphatic hydroxyl groups is 1. The molecule has 0 spiro atoms. The van der Waals surface area contributed by atoms with Crippen LogP contribution in [0.15, 0.2) is 18.2 Å². The summed E-state index contributed by atoms with van der Waals surface area (Å²) in [5.41, 5.74) is 0.441. The van der Waals surface area contributed by atoms with Crippen LogP contribution in [0.1, 0.15) is 19.8 Å². The van der Waals surface area contributed by atoms with Crippen molar-refractivity contribution in [1.29, 1.82) is 0 Å². The van der Waals surface area contributed by atoms with Crippen molar-refractivity contribution in [3.63, 3.8) is 0 Å². The Labute approximate surface area is 123 Å². The van der Waals surface area contributed by atoms with Gasteiger partial charge in [-0.1, -0.05) is 30.1 Å². The topological polar surface area (TPSA) is 41.5 Å². The lowest BCUT2D eigenvalue weighted by Crippen LogP contribution is -2.34. The molecule has 1 atom stereocenters. The largest absolute Gasteiger partial charge is 0.489 e. The summed E-state index contributed by atoms with van der Waals surface area (Å²) < 4.78 is 5.47. The first-order chi connectivity index (χ1) is 8.98. The molecule has 106 valence electrons. The number of aliphatic hydroxyl groups excluding tert-OH is 1. The number of nitrogens with one attached hydrogen (secondary N) is 1. The maximum Gasteiger partial charge on any atom is 0.139 e. The second kappa shape index (κ2) is 6.31. The van der Waals surface area contributed by atoms with Crippen molar-refractivity contribution in [2.24, 2.45) is 5.41 Å². The molecule has 0 radical (unpaired) electrons. The van der Waals surface area contributed by atoms with Crippen LogP contribution in [0.2, 0.25) is 10.0 Å². The lowest BCUT2D eigenvalue weighted by atomic mass is 10.1. The number of ether oxygens (including phenoxy) is 1. The minimum Gasteiger partial charge on any atom is -0.489 e. The third-order valence-corrected chi connectivity index (χ3v) is 3.91. The highest BCUT2D eigenvalue weighted by Crippen LogP contribution is 2.43. The number of benzene rings is 1. The standard InChI is InChI=1S/C14H19Cl2NO2/c1-14(4-5-14)9-17-7-11(18)8-19-13-6-10(15)2-3-12(13)16/h2-3,6,11,17-18H,4-5,7-9H2,1H3. The summed E-state index contributed by atoms with van der Waals surface area (Å²) in [7, 11) is 0. The average molecular weight is 304 g/mol. The summed E-state index contributed by atoms with van der Waals surface area (Å²) in [6.07, 6.45) is 1.98. The molecule has 3 nitrogen and oxygen atoms in total. The Bertz CT molecular complexity index is 435. The molecule has 2 N–H and O–H groups in total. The Morgan fingerprint density at radius 1 is 1.42 bits per heavy atom. The zero-order valence-electron chi connectivity index (χ0n) is 11.0. The normalized spacial score (nSPS) is 18.1. The van der Waals surface area contributed by atoms with Crippen molar-refractivity contribution in [3.8, 4) is 5.75 Å². The Balaban J connectivity index is 1.70. The van der Waals surface area contributed by atoms with E-state index in [0.29, 0.717) is 27.8 Å². The first kappa shape index (κ1) is 14.9. The van der Waals surface area contributed by atoms with Gasteiger partial charge in [0.05, 0.1) is 5.02 Å². The predicted octanol–water partition coefficient (Wildman–Crippen LogP) is 3.12. The molecule has 1 saturated carbocycles. The second-order valence-corrected chi connectivity index (χ2v) is 6.32. The van der Waals surface area contributed by atoms with Crippen LogP contribution >= 0.6 is 23.2 Å². The van der Waals surface area contributed by atoms with E-state index in [1.165, 1.54) is 12.8 Å². The van der Waals surface area contributed by atoms with Gasteiger partial charge < -0.3 is 15.2 Å². The van der Waals surface area contributed by atoms with Crippen LogP contribution in [0, 0.1) is 5.41 Å². The zero-order chi connectivity index (χ0) is 13.9. The summed E-state index contributed by atoms with van der Waals surface area (Å²) in [4.78, 5) is 0. The predicted molar refractivity (Wildman–Crippen MR) is 78.2 cm³/mol. The van der Waals surface area contributed by atoms with Gasteiger partial charge in [0.25, 0.3) is 0 Å². The van der Waals surface area contributed by atoms with Crippen LogP contribution in [0.5, 0.6) is 5.75 Å².